The summed E-state index contributed by atoms with van der Waals surface area (Å²) >= 11 is 4.09. The Morgan fingerprint density at radius 1 is 1.42 bits per heavy atom. The van der Waals surface area contributed by atoms with E-state index in [2.05, 4.69) is 39.5 Å². The molecule has 0 amide bonds. The van der Waals surface area contributed by atoms with Crippen LogP contribution in [0.3, 0.4) is 0 Å². The minimum atomic E-state index is 0.847. The monoisotopic (exact) mass is 290 g/mol. The second-order valence-electron chi connectivity index (χ2n) is 2.63. The van der Waals surface area contributed by atoms with Gasteiger partial charge in [-0.3, -0.25) is 0 Å². The Kier molecular flexibility index (Phi) is 2.04. The van der Waals surface area contributed by atoms with E-state index in [1.807, 2.05) is 13.1 Å². The van der Waals surface area contributed by atoms with Gasteiger partial charge in [0.15, 0.2) is 0 Å². The molecule has 0 N–H and O–H groups in total. The molecule has 2 heterocycles. The average molecular weight is 290 g/mol. The molecule has 2 aromatic heterocycles. The van der Waals surface area contributed by atoms with Gasteiger partial charge in [0.2, 0.25) is 0 Å². The first kappa shape index (κ1) is 8.37. The molecular weight excluding hydrogens is 283 g/mol. The Labute approximate surface area is 88.2 Å². The van der Waals surface area contributed by atoms with Crippen LogP contribution in [0.5, 0.6) is 0 Å². The predicted octanol–water partition coefficient (Wildman–Crippen LogP) is 2.91. The van der Waals surface area contributed by atoms with Crippen molar-refractivity contribution >= 4 is 44.1 Å². The van der Waals surface area contributed by atoms with E-state index in [1.165, 1.54) is 13.1 Å². The van der Waals surface area contributed by atoms with Gasteiger partial charge in [0, 0.05) is 6.20 Å². The Morgan fingerprint density at radius 2 is 2.17 bits per heavy atom. The molecule has 0 aromatic carbocycles. The number of aromatic nitrogens is 2. The summed E-state index contributed by atoms with van der Waals surface area (Å²) in [7, 11) is 0. The smallest absolute Gasteiger partial charge is 0.125 e. The minimum absolute atomic E-state index is 0.847. The number of nitrogens with zero attached hydrogens (tertiary/aromatic N) is 2. The van der Waals surface area contributed by atoms with Gasteiger partial charge >= 0.3 is 0 Å². The number of aryl methyl sites for hydroxylation is 2. The summed E-state index contributed by atoms with van der Waals surface area (Å²) in [4.78, 5) is 8.55. The van der Waals surface area contributed by atoms with Crippen LogP contribution < -0.4 is 0 Å². The van der Waals surface area contributed by atoms with Crippen LogP contribution in [0.4, 0.5) is 0 Å². The maximum absolute atomic E-state index is 4.39. The van der Waals surface area contributed by atoms with Crippen LogP contribution in [0.15, 0.2) is 6.20 Å². The molecular formula is C8H7IN2S. The molecule has 12 heavy (non-hydrogen) atoms. The van der Waals surface area contributed by atoms with Crippen LogP contribution in [0.1, 0.15) is 11.4 Å². The molecule has 0 radical (unpaired) electrons. The standard InChI is InChI=1S/C8H7IN2S/c1-4-7-6(12-8(4)9)3-10-5(2)11-7/h3H,1-2H3. The first-order valence-electron chi connectivity index (χ1n) is 3.56. The van der Waals surface area contributed by atoms with Crippen molar-refractivity contribution in [3.05, 3.63) is 20.5 Å². The summed E-state index contributed by atoms with van der Waals surface area (Å²) in [5.74, 6) is 0.847. The molecule has 0 aliphatic heterocycles. The van der Waals surface area contributed by atoms with Crippen LogP contribution in [-0.4, -0.2) is 9.97 Å². The first-order valence-corrected chi connectivity index (χ1v) is 5.46. The molecule has 0 spiro atoms. The van der Waals surface area contributed by atoms with Gasteiger partial charge in [-0.25, -0.2) is 9.97 Å². The number of hydrogen-bond donors (Lipinski definition) is 0. The van der Waals surface area contributed by atoms with Gasteiger partial charge in [-0.15, -0.1) is 11.3 Å². The lowest BCUT2D eigenvalue weighted by Crippen LogP contribution is -1.85. The molecule has 0 fully saturated rings. The van der Waals surface area contributed by atoms with Crippen LogP contribution in [0, 0.1) is 16.7 Å². The molecule has 0 unspecified atom stereocenters. The van der Waals surface area contributed by atoms with Gasteiger partial charge in [0.25, 0.3) is 0 Å². The Balaban J connectivity index is 2.88. The van der Waals surface area contributed by atoms with Gasteiger partial charge in [0.1, 0.15) is 5.82 Å². The summed E-state index contributed by atoms with van der Waals surface area (Å²) in [6.45, 7) is 4.02. The first-order chi connectivity index (χ1) is 5.68. The second-order valence-corrected chi connectivity index (χ2v) is 5.49. The van der Waals surface area contributed by atoms with Crippen molar-refractivity contribution in [1.82, 2.24) is 9.97 Å². The fraction of sp³-hybridized carbons (Fsp3) is 0.250. The van der Waals surface area contributed by atoms with E-state index in [1.54, 1.807) is 11.3 Å². The van der Waals surface area contributed by atoms with Crippen molar-refractivity contribution in [3.63, 3.8) is 0 Å². The van der Waals surface area contributed by atoms with E-state index in [4.69, 9.17) is 0 Å². The molecule has 62 valence electrons. The summed E-state index contributed by atoms with van der Waals surface area (Å²) < 4.78 is 2.49. The fourth-order valence-corrected chi connectivity index (χ4v) is 2.88. The summed E-state index contributed by atoms with van der Waals surface area (Å²) in [5.41, 5.74) is 2.39. The highest BCUT2D eigenvalue weighted by Crippen LogP contribution is 2.29. The van der Waals surface area contributed by atoms with Gasteiger partial charge in [0.05, 0.1) is 13.1 Å². The predicted molar refractivity (Wildman–Crippen MR) is 59.6 cm³/mol. The third-order valence-electron chi connectivity index (χ3n) is 1.73. The highest BCUT2D eigenvalue weighted by molar-refractivity contribution is 14.1. The summed E-state index contributed by atoms with van der Waals surface area (Å²) in [5, 5.41) is 0. The van der Waals surface area contributed by atoms with E-state index in [9.17, 15) is 0 Å². The number of hydrogen-bond acceptors (Lipinski definition) is 3. The van der Waals surface area contributed by atoms with Crippen molar-refractivity contribution in [2.24, 2.45) is 0 Å². The van der Waals surface area contributed by atoms with E-state index in [0.29, 0.717) is 0 Å². The van der Waals surface area contributed by atoms with Gasteiger partial charge in [-0.2, -0.15) is 0 Å². The van der Waals surface area contributed by atoms with Crippen molar-refractivity contribution in [1.29, 1.82) is 0 Å². The fourth-order valence-electron chi connectivity index (χ4n) is 1.07. The molecule has 0 atom stereocenters. The zero-order chi connectivity index (χ0) is 8.72. The molecule has 4 heteroatoms. The van der Waals surface area contributed by atoms with Crippen LogP contribution >= 0.6 is 33.9 Å². The van der Waals surface area contributed by atoms with Gasteiger partial charge < -0.3 is 0 Å². The molecule has 2 rings (SSSR count). The lowest BCUT2D eigenvalue weighted by Gasteiger charge is -1.91. The number of rotatable bonds is 0. The van der Waals surface area contributed by atoms with Crippen LogP contribution in [0.25, 0.3) is 10.2 Å². The summed E-state index contributed by atoms with van der Waals surface area (Å²) in [6, 6.07) is 0. The molecule has 0 bridgehead atoms. The quantitative estimate of drug-likeness (QED) is 0.697. The van der Waals surface area contributed by atoms with Crippen LogP contribution in [-0.2, 0) is 0 Å². The summed E-state index contributed by atoms with van der Waals surface area (Å²) in [6.07, 6.45) is 1.90. The number of halogens is 1. The highest BCUT2D eigenvalue weighted by atomic mass is 127. The second kappa shape index (κ2) is 2.92. The van der Waals surface area contributed by atoms with Crippen molar-refractivity contribution in [2.75, 3.05) is 0 Å². The van der Waals surface area contributed by atoms with Gasteiger partial charge in [-0.05, 0) is 42.0 Å². The maximum atomic E-state index is 4.39. The van der Waals surface area contributed by atoms with E-state index < -0.39 is 0 Å². The molecule has 0 saturated carbocycles. The van der Waals surface area contributed by atoms with Crippen molar-refractivity contribution in [2.45, 2.75) is 13.8 Å². The molecule has 0 aliphatic rings. The van der Waals surface area contributed by atoms with E-state index in [-0.39, 0.29) is 0 Å². The largest absolute Gasteiger partial charge is 0.240 e. The molecule has 0 saturated heterocycles. The Morgan fingerprint density at radius 3 is 2.92 bits per heavy atom. The third-order valence-corrected chi connectivity index (χ3v) is 4.20. The lowest BCUT2D eigenvalue weighted by molar-refractivity contribution is 1.09. The third kappa shape index (κ3) is 1.22. The van der Waals surface area contributed by atoms with E-state index >= 15 is 0 Å². The van der Waals surface area contributed by atoms with E-state index in [0.717, 1.165) is 11.3 Å². The van der Waals surface area contributed by atoms with Crippen LogP contribution in [0.2, 0.25) is 0 Å². The SMILES string of the molecule is Cc1ncc2sc(I)c(C)c2n1. The normalized spacial score (nSPS) is 10.9. The maximum Gasteiger partial charge on any atom is 0.125 e. The lowest BCUT2D eigenvalue weighted by atomic mass is 10.3. The Bertz CT molecular complexity index is 436. The molecule has 0 aliphatic carbocycles. The average Bonchev–Trinajstić information content (AvgIpc) is 2.31. The van der Waals surface area contributed by atoms with Crippen molar-refractivity contribution in [3.8, 4) is 0 Å². The zero-order valence-electron chi connectivity index (χ0n) is 6.76. The number of fused-ring (bicyclic) bond motifs is 1. The van der Waals surface area contributed by atoms with Crippen molar-refractivity contribution < 1.29 is 0 Å². The molecule has 2 aromatic rings. The minimum Gasteiger partial charge on any atom is -0.240 e. The number of thiophene rings is 1. The molecule has 2 nitrogen and oxygen atoms in total. The Hall–Kier alpha value is -0.230. The zero-order valence-corrected chi connectivity index (χ0v) is 9.73. The highest BCUT2D eigenvalue weighted by Gasteiger charge is 2.06. The topological polar surface area (TPSA) is 25.8 Å². The van der Waals surface area contributed by atoms with Gasteiger partial charge in [-0.1, -0.05) is 0 Å².